The van der Waals surface area contributed by atoms with Crippen LogP contribution in [0.4, 0.5) is 29.2 Å². The van der Waals surface area contributed by atoms with Crippen molar-refractivity contribution in [2.75, 3.05) is 50.9 Å². The predicted molar refractivity (Wildman–Crippen MR) is 133 cm³/mol. The van der Waals surface area contributed by atoms with Gasteiger partial charge in [0.25, 0.3) is 0 Å². The molecular weight excluding hydrogens is 474 g/mol. The second kappa shape index (κ2) is 10.3. The lowest BCUT2D eigenvalue weighted by Crippen LogP contribution is -2.48. The van der Waals surface area contributed by atoms with Crippen LogP contribution in [0.3, 0.4) is 0 Å². The molecule has 7 nitrogen and oxygen atoms in total. The molecule has 0 saturated carbocycles. The van der Waals surface area contributed by atoms with Gasteiger partial charge in [-0.1, -0.05) is 12.7 Å². The van der Waals surface area contributed by atoms with E-state index in [-0.39, 0.29) is 12.1 Å². The highest BCUT2D eigenvalue weighted by Gasteiger charge is 2.37. The highest BCUT2D eigenvalue weighted by Crippen LogP contribution is 2.36. The molecule has 0 bridgehead atoms. The Bertz CT molecular complexity index is 1120. The standard InChI is InChI=1S/C25H31F4N7/c1-4-18-22(30)31-15-32-24(18)35-9-7-16(8-10-35)23-33-21(14-36(23)12-11-34(2)3)17-5-6-20(26)19(13-17)25(27,28)29/h4-6,13-16,23,33H,1,7-12H2,2-3H3,(H2,30,31,32). The summed E-state index contributed by atoms with van der Waals surface area (Å²) in [4.78, 5) is 14.8. The zero-order chi connectivity index (χ0) is 26.0. The fraction of sp³-hybridized carbons (Fsp3) is 0.440. The first-order chi connectivity index (χ1) is 17.1. The second-order valence-corrected chi connectivity index (χ2v) is 9.39. The van der Waals surface area contributed by atoms with E-state index in [1.54, 1.807) is 6.08 Å². The quantitative estimate of drug-likeness (QED) is 0.554. The molecule has 4 rings (SSSR count). The molecule has 0 amide bonds. The van der Waals surface area contributed by atoms with Gasteiger partial charge in [-0.05, 0) is 50.7 Å². The molecular formula is C25H31F4N7. The Kier molecular flexibility index (Phi) is 7.39. The Morgan fingerprint density at radius 2 is 1.94 bits per heavy atom. The van der Waals surface area contributed by atoms with Gasteiger partial charge in [0.2, 0.25) is 0 Å². The topological polar surface area (TPSA) is 73.5 Å². The summed E-state index contributed by atoms with van der Waals surface area (Å²) in [6.07, 6.45) is 1.80. The van der Waals surface area contributed by atoms with Crippen LogP contribution in [0.1, 0.15) is 29.5 Å². The number of nitrogens with zero attached hydrogens (tertiary/aromatic N) is 5. The number of halogens is 4. The first-order valence-corrected chi connectivity index (χ1v) is 11.8. The molecule has 3 N–H and O–H groups in total. The van der Waals surface area contributed by atoms with Gasteiger partial charge in [-0.15, -0.1) is 0 Å². The Morgan fingerprint density at radius 3 is 2.58 bits per heavy atom. The van der Waals surface area contributed by atoms with Crippen molar-refractivity contribution >= 4 is 23.4 Å². The third-order valence-electron chi connectivity index (χ3n) is 6.73. The summed E-state index contributed by atoms with van der Waals surface area (Å²) in [5, 5.41) is 3.43. The van der Waals surface area contributed by atoms with E-state index in [0.717, 1.165) is 50.4 Å². The number of piperidine rings is 1. The highest BCUT2D eigenvalue weighted by atomic mass is 19.4. The number of alkyl halides is 3. The number of nitrogen functional groups attached to an aromatic ring is 1. The third kappa shape index (κ3) is 5.40. The lowest BCUT2D eigenvalue weighted by molar-refractivity contribution is -0.140. The van der Waals surface area contributed by atoms with Crippen LogP contribution in [0.15, 0.2) is 37.3 Å². The second-order valence-electron chi connectivity index (χ2n) is 9.39. The lowest BCUT2D eigenvalue weighted by atomic mass is 9.92. The molecule has 2 aromatic rings. The van der Waals surface area contributed by atoms with Crippen molar-refractivity contribution in [3.05, 3.63) is 59.8 Å². The van der Waals surface area contributed by atoms with Crippen molar-refractivity contribution < 1.29 is 17.6 Å². The van der Waals surface area contributed by atoms with Gasteiger partial charge in [0.15, 0.2) is 0 Å². The van der Waals surface area contributed by atoms with Crippen LogP contribution in [-0.2, 0) is 6.18 Å². The van der Waals surface area contributed by atoms with Crippen LogP contribution in [0.5, 0.6) is 0 Å². The maximum atomic E-state index is 13.9. The molecule has 1 aromatic carbocycles. The summed E-state index contributed by atoms with van der Waals surface area (Å²) < 4.78 is 53.8. The molecule has 1 atom stereocenters. The molecule has 0 radical (unpaired) electrons. The fourth-order valence-corrected chi connectivity index (χ4v) is 4.78. The number of nitrogens with one attached hydrogen (secondary N) is 1. The molecule has 36 heavy (non-hydrogen) atoms. The molecule has 1 aromatic heterocycles. The Labute approximate surface area is 208 Å². The van der Waals surface area contributed by atoms with Crippen LogP contribution >= 0.6 is 0 Å². The molecule has 3 heterocycles. The van der Waals surface area contributed by atoms with Crippen molar-refractivity contribution in [1.29, 1.82) is 0 Å². The smallest absolute Gasteiger partial charge is 0.383 e. The van der Waals surface area contributed by atoms with Gasteiger partial charge in [0.1, 0.15) is 29.9 Å². The minimum Gasteiger partial charge on any atom is -0.383 e. The highest BCUT2D eigenvalue weighted by molar-refractivity contribution is 5.71. The summed E-state index contributed by atoms with van der Waals surface area (Å²) >= 11 is 0. The molecule has 1 unspecified atom stereocenters. The normalized spacial score (nSPS) is 19.0. The van der Waals surface area contributed by atoms with Gasteiger partial charge in [-0.25, -0.2) is 14.4 Å². The largest absolute Gasteiger partial charge is 0.419 e. The van der Waals surface area contributed by atoms with E-state index >= 15 is 0 Å². The average molecular weight is 506 g/mol. The molecule has 0 spiro atoms. The van der Waals surface area contributed by atoms with E-state index in [2.05, 4.69) is 36.6 Å². The maximum Gasteiger partial charge on any atom is 0.419 e. The Balaban J connectivity index is 1.52. The molecule has 0 aliphatic carbocycles. The fourth-order valence-electron chi connectivity index (χ4n) is 4.78. The van der Waals surface area contributed by atoms with Crippen LogP contribution in [0.2, 0.25) is 0 Å². The van der Waals surface area contributed by atoms with Gasteiger partial charge in [-0.2, -0.15) is 13.2 Å². The summed E-state index contributed by atoms with van der Waals surface area (Å²) in [6, 6.07) is 3.13. The van der Waals surface area contributed by atoms with E-state index in [9.17, 15) is 17.6 Å². The minimum absolute atomic E-state index is 0.0872. The van der Waals surface area contributed by atoms with Crippen molar-refractivity contribution in [2.24, 2.45) is 5.92 Å². The maximum absolute atomic E-state index is 13.9. The van der Waals surface area contributed by atoms with Crippen molar-refractivity contribution in [2.45, 2.75) is 25.2 Å². The van der Waals surface area contributed by atoms with Crippen molar-refractivity contribution in [3.63, 3.8) is 0 Å². The number of benzene rings is 1. The van der Waals surface area contributed by atoms with E-state index in [0.29, 0.717) is 29.2 Å². The van der Waals surface area contributed by atoms with Crippen molar-refractivity contribution in [3.8, 4) is 0 Å². The molecule has 11 heteroatoms. The van der Waals surface area contributed by atoms with E-state index < -0.39 is 17.6 Å². The van der Waals surface area contributed by atoms with Crippen LogP contribution in [0.25, 0.3) is 11.8 Å². The SMILES string of the molecule is C=Cc1c(N)ncnc1N1CCC(C2NC(c3ccc(F)c(C(F)(F)F)c3)=CN2CCN(C)C)CC1. The van der Waals surface area contributed by atoms with E-state index in [4.69, 9.17) is 5.73 Å². The van der Waals surface area contributed by atoms with E-state index in [1.165, 1.54) is 12.4 Å². The summed E-state index contributed by atoms with van der Waals surface area (Å²) in [6.45, 7) is 6.79. The van der Waals surface area contributed by atoms with Crippen molar-refractivity contribution in [1.82, 2.24) is 25.1 Å². The number of anilines is 2. The van der Waals surface area contributed by atoms with Crippen LogP contribution in [0, 0.1) is 11.7 Å². The number of aromatic nitrogens is 2. The molecule has 194 valence electrons. The zero-order valence-corrected chi connectivity index (χ0v) is 20.4. The minimum atomic E-state index is -4.76. The molecule has 1 saturated heterocycles. The lowest BCUT2D eigenvalue weighted by Gasteiger charge is -2.39. The first kappa shape index (κ1) is 25.7. The van der Waals surface area contributed by atoms with Gasteiger partial charge < -0.3 is 25.8 Å². The number of hydrogen-bond donors (Lipinski definition) is 2. The molecule has 2 aliphatic rings. The number of nitrogens with two attached hydrogens (primary N) is 1. The van der Waals surface area contributed by atoms with Crippen LogP contribution in [-0.4, -0.2) is 66.2 Å². The number of rotatable bonds is 7. The Morgan fingerprint density at radius 1 is 1.22 bits per heavy atom. The molecule has 1 fully saturated rings. The average Bonchev–Trinajstić information content (AvgIpc) is 3.26. The summed E-state index contributed by atoms with van der Waals surface area (Å²) in [7, 11) is 3.95. The summed E-state index contributed by atoms with van der Waals surface area (Å²) in [5.41, 5.74) is 6.31. The zero-order valence-electron chi connectivity index (χ0n) is 20.4. The Hall–Kier alpha value is -3.34. The van der Waals surface area contributed by atoms with Crippen LogP contribution < -0.4 is 16.0 Å². The van der Waals surface area contributed by atoms with Gasteiger partial charge in [-0.3, -0.25) is 0 Å². The van der Waals surface area contributed by atoms with E-state index in [1.807, 2.05) is 20.3 Å². The number of hydrogen-bond acceptors (Lipinski definition) is 7. The first-order valence-electron chi connectivity index (χ1n) is 11.8. The predicted octanol–water partition coefficient (Wildman–Crippen LogP) is 3.87. The monoisotopic (exact) mass is 505 g/mol. The van der Waals surface area contributed by atoms with Gasteiger partial charge in [0.05, 0.1) is 16.8 Å². The van der Waals surface area contributed by atoms with Gasteiger partial charge in [0, 0.05) is 38.3 Å². The van der Waals surface area contributed by atoms with Gasteiger partial charge >= 0.3 is 6.18 Å². The summed E-state index contributed by atoms with van der Waals surface area (Å²) in [5.74, 6) is 0.106. The third-order valence-corrected chi connectivity index (χ3v) is 6.73. The molecule has 2 aliphatic heterocycles. The number of likely N-dealkylation sites (N-methyl/N-ethyl adjacent to an activating group) is 1.